The lowest BCUT2D eigenvalue weighted by Crippen LogP contribution is -2.16. The normalized spacial score (nSPS) is 10.4. The molecule has 1 aromatic heterocycles. The second-order valence-corrected chi connectivity index (χ2v) is 4.94. The van der Waals surface area contributed by atoms with Crippen LogP contribution in [-0.2, 0) is 4.79 Å². The van der Waals surface area contributed by atoms with Gasteiger partial charge in [-0.2, -0.15) is 0 Å². The van der Waals surface area contributed by atoms with E-state index in [2.05, 4.69) is 10.2 Å². The van der Waals surface area contributed by atoms with E-state index in [1.165, 1.54) is 4.68 Å². The first kappa shape index (κ1) is 15.0. The molecule has 0 saturated carbocycles. The van der Waals surface area contributed by atoms with Crippen molar-refractivity contribution < 1.29 is 14.3 Å². The zero-order chi connectivity index (χ0) is 15.4. The molecule has 8 nitrogen and oxygen atoms in total. The fourth-order valence-electron chi connectivity index (χ4n) is 1.68. The van der Waals surface area contributed by atoms with Crippen molar-refractivity contribution in [3.05, 3.63) is 18.2 Å². The summed E-state index contributed by atoms with van der Waals surface area (Å²) < 4.78 is 11.7. The van der Waals surface area contributed by atoms with Crippen LogP contribution in [0, 0.1) is 0 Å². The number of rotatable bonds is 6. The van der Waals surface area contributed by atoms with Gasteiger partial charge >= 0.3 is 0 Å². The lowest BCUT2D eigenvalue weighted by atomic mass is 10.2. The monoisotopic (exact) mass is 309 g/mol. The number of thioether (sulfide) groups is 1. The van der Waals surface area contributed by atoms with Crippen molar-refractivity contribution in [3.63, 3.8) is 0 Å². The van der Waals surface area contributed by atoms with Crippen LogP contribution in [-0.4, -0.2) is 40.8 Å². The maximum Gasteiger partial charge on any atom is 0.227 e. The van der Waals surface area contributed by atoms with E-state index in [0.29, 0.717) is 28.0 Å². The van der Waals surface area contributed by atoms with Crippen LogP contribution in [0.2, 0.25) is 0 Å². The predicted octanol–water partition coefficient (Wildman–Crippen LogP) is 0.253. The summed E-state index contributed by atoms with van der Waals surface area (Å²) >= 11 is 1.12. The Morgan fingerprint density at radius 3 is 2.62 bits per heavy atom. The van der Waals surface area contributed by atoms with E-state index in [-0.39, 0.29) is 5.75 Å². The summed E-state index contributed by atoms with van der Waals surface area (Å²) in [5.74, 6) is 7.18. The molecule has 1 aromatic carbocycles. The highest BCUT2D eigenvalue weighted by Gasteiger charge is 2.15. The molecule has 2 aromatic rings. The van der Waals surface area contributed by atoms with Gasteiger partial charge in [0.2, 0.25) is 11.1 Å². The molecule has 0 aliphatic rings. The first-order valence-corrected chi connectivity index (χ1v) is 6.89. The Morgan fingerprint density at radius 1 is 1.29 bits per heavy atom. The van der Waals surface area contributed by atoms with Gasteiger partial charge in [0, 0.05) is 5.56 Å². The molecule has 0 bridgehead atoms. The minimum Gasteiger partial charge on any atom is -0.493 e. The number of ether oxygens (including phenoxy) is 2. The molecule has 0 saturated heterocycles. The van der Waals surface area contributed by atoms with Crippen molar-refractivity contribution in [2.24, 2.45) is 5.73 Å². The van der Waals surface area contributed by atoms with Crippen molar-refractivity contribution in [1.82, 2.24) is 14.9 Å². The van der Waals surface area contributed by atoms with Crippen LogP contribution in [0.4, 0.5) is 0 Å². The van der Waals surface area contributed by atoms with Crippen molar-refractivity contribution in [3.8, 4) is 22.9 Å². The summed E-state index contributed by atoms with van der Waals surface area (Å²) in [5.41, 5.74) is 5.81. The molecule has 0 unspecified atom stereocenters. The third kappa shape index (κ3) is 3.19. The average Bonchev–Trinajstić information content (AvgIpc) is 2.85. The number of nitrogen functional groups attached to an aromatic ring is 1. The highest BCUT2D eigenvalue weighted by atomic mass is 32.2. The van der Waals surface area contributed by atoms with Crippen molar-refractivity contribution in [1.29, 1.82) is 0 Å². The minimum atomic E-state index is -0.448. The van der Waals surface area contributed by atoms with Gasteiger partial charge in [0.15, 0.2) is 17.3 Å². The Kier molecular flexibility index (Phi) is 4.53. The number of aromatic nitrogens is 3. The summed E-state index contributed by atoms with van der Waals surface area (Å²) in [6.45, 7) is 0. The molecular weight excluding hydrogens is 294 g/mol. The summed E-state index contributed by atoms with van der Waals surface area (Å²) in [5, 5.41) is 8.35. The van der Waals surface area contributed by atoms with Crippen molar-refractivity contribution in [2.45, 2.75) is 5.16 Å². The Hall–Kier alpha value is -2.42. The lowest BCUT2D eigenvalue weighted by molar-refractivity contribution is -0.115. The molecule has 0 aliphatic heterocycles. The molecule has 112 valence electrons. The van der Waals surface area contributed by atoms with E-state index in [1.807, 2.05) is 0 Å². The lowest BCUT2D eigenvalue weighted by Gasteiger charge is -2.09. The largest absolute Gasteiger partial charge is 0.493 e. The van der Waals surface area contributed by atoms with Gasteiger partial charge in [-0.15, -0.1) is 10.2 Å². The molecule has 0 radical (unpaired) electrons. The number of nitrogens with zero attached hydrogens (tertiary/aromatic N) is 3. The van der Waals surface area contributed by atoms with Crippen molar-refractivity contribution >= 4 is 17.7 Å². The number of primary amides is 1. The van der Waals surface area contributed by atoms with Crippen molar-refractivity contribution in [2.75, 3.05) is 25.8 Å². The maximum absolute atomic E-state index is 10.8. The third-order valence-corrected chi connectivity index (χ3v) is 3.62. The third-order valence-electron chi connectivity index (χ3n) is 2.65. The molecule has 9 heteroatoms. The van der Waals surface area contributed by atoms with Gasteiger partial charge in [-0.1, -0.05) is 11.8 Å². The molecule has 4 N–H and O–H groups in total. The summed E-state index contributed by atoms with van der Waals surface area (Å²) in [6.07, 6.45) is 0. The molecular formula is C12H15N5O3S. The van der Waals surface area contributed by atoms with Gasteiger partial charge in [-0.05, 0) is 18.2 Å². The fourth-order valence-corrected chi connectivity index (χ4v) is 2.28. The number of hydrogen-bond donors (Lipinski definition) is 2. The second kappa shape index (κ2) is 6.35. The van der Waals surface area contributed by atoms with Gasteiger partial charge in [0.25, 0.3) is 0 Å². The van der Waals surface area contributed by atoms with Gasteiger partial charge in [-0.3, -0.25) is 4.79 Å². The summed E-state index contributed by atoms with van der Waals surface area (Å²) in [4.78, 5) is 10.8. The number of benzene rings is 1. The van der Waals surface area contributed by atoms with Crippen LogP contribution >= 0.6 is 11.8 Å². The molecule has 1 heterocycles. The van der Waals surface area contributed by atoms with Gasteiger partial charge in [0.05, 0.1) is 20.0 Å². The average molecular weight is 309 g/mol. The number of amides is 1. The van der Waals surface area contributed by atoms with Crippen LogP contribution in [0.25, 0.3) is 11.4 Å². The van der Waals surface area contributed by atoms with Gasteiger partial charge in [-0.25, -0.2) is 4.68 Å². The zero-order valence-electron chi connectivity index (χ0n) is 11.6. The van der Waals surface area contributed by atoms with Crippen LogP contribution in [0.1, 0.15) is 0 Å². The first-order valence-electron chi connectivity index (χ1n) is 5.90. The number of carbonyl (C=O) groups is 1. The fraction of sp³-hybridized carbons (Fsp3) is 0.250. The SMILES string of the molecule is COc1ccc(-c2nnc(SCC(N)=O)n2N)cc1OC. The van der Waals surface area contributed by atoms with E-state index >= 15 is 0 Å². The molecule has 2 rings (SSSR count). The molecule has 0 aliphatic carbocycles. The predicted molar refractivity (Wildman–Crippen MR) is 78.6 cm³/mol. The van der Waals surface area contributed by atoms with E-state index in [0.717, 1.165) is 11.8 Å². The quantitative estimate of drug-likeness (QED) is 0.580. The van der Waals surface area contributed by atoms with Gasteiger partial charge < -0.3 is 21.1 Å². The minimum absolute atomic E-state index is 0.0846. The standard InChI is InChI=1S/C12H15N5O3S/c1-19-8-4-3-7(5-9(8)20-2)11-15-16-12(17(11)14)21-6-10(13)18/h3-5H,6,14H2,1-2H3,(H2,13,18). The number of carbonyl (C=O) groups excluding carboxylic acids is 1. The smallest absolute Gasteiger partial charge is 0.227 e. The Balaban J connectivity index is 2.32. The Bertz CT molecular complexity index is 658. The maximum atomic E-state index is 10.8. The Morgan fingerprint density at radius 2 is 2.00 bits per heavy atom. The summed E-state index contributed by atoms with van der Waals surface area (Å²) in [6, 6.07) is 5.28. The number of methoxy groups -OCH3 is 2. The highest BCUT2D eigenvalue weighted by Crippen LogP contribution is 2.32. The van der Waals surface area contributed by atoms with Crippen LogP contribution in [0.15, 0.2) is 23.4 Å². The van der Waals surface area contributed by atoms with Gasteiger partial charge in [0.1, 0.15) is 0 Å². The topological polar surface area (TPSA) is 118 Å². The van der Waals surface area contributed by atoms with Crippen LogP contribution in [0.3, 0.4) is 0 Å². The molecule has 0 spiro atoms. The second-order valence-electron chi connectivity index (χ2n) is 4.00. The highest BCUT2D eigenvalue weighted by molar-refractivity contribution is 7.99. The number of nitrogens with two attached hydrogens (primary N) is 2. The summed E-state index contributed by atoms with van der Waals surface area (Å²) in [7, 11) is 3.10. The molecule has 0 fully saturated rings. The molecule has 1 amide bonds. The first-order chi connectivity index (χ1) is 10.1. The zero-order valence-corrected chi connectivity index (χ0v) is 12.4. The van der Waals surface area contributed by atoms with Crippen LogP contribution in [0.5, 0.6) is 11.5 Å². The van der Waals surface area contributed by atoms with E-state index < -0.39 is 5.91 Å². The molecule has 21 heavy (non-hydrogen) atoms. The van der Waals surface area contributed by atoms with E-state index in [1.54, 1.807) is 32.4 Å². The number of hydrogen-bond acceptors (Lipinski definition) is 7. The van der Waals surface area contributed by atoms with E-state index in [4.69, 9.17) is 21.1 Å². The Labute approximate surface area is 125 Å². The molecule has 0 atom stereocenters. The van der Waals surface area contributed by atoms with E-state index in [9.17, 15) is 4.79 Å². The van der Waals surface area contributed by atoms with Crippen LogP contribution < -0.4 is 21.1 Å².